The minimum atomic E-state index is -4.44. The highest BCUT2D eigenvalue weighted by Gasteiger charge is 2.31. The molecular weight excluding hydrogens is 357 g/mol. The van der Waals surface area contributed by atoms with Gasteiger partial charge >= 0.3 is 6.18 Å². The molecule has 0 saturated carbocycles. The molecule has 0 aliphatic carbocycles. The van der Waals surface area contributed by atoms with E-state index in [0.29, 0.717) is 23.0 Å². The number of imidazole rings is 1. The van der Waals surface area contributed by atoms with Gasteiger partial charge in [0.15, 0.2) is 5.82 Å². The summed E-state index contributed by atoms with van der Waals surface area (Å²) in [5, 5.41) is 8.08. The highest BCUT2D eigenvalue weighted by atomic mass is 19.4. The number of hydrogen-bond donors (Lipinski definition) is 0. The quantitative estimate of drug-likeness (QED) is 0.532. The molecule has 2 aromatic heterocycles. The molecule has 0 amide bonds. The predicted octanol–water partition coefficient (Wildman–Crippen LogP) is 4.51. The molecule has 27 heavy (non-hydrogen) atoms. The van der Waals surface area contributed by atoms with Crippen molar-refractivity contribution in [2.24, 2.45) is 0 Å². The van der Waals surface area contributed by atoms with Gasteiger partial charge in [0.1, 0.15) is 5.82 Å². The smallest absolute Gasteiger partial charge is 0.416 e. The zero-order valence-electron chi connectivity index (χ0n) is 14.1. The lowest BCUT2D eigenvalue weighted by Gasteiger charge is -2.09. The van der Waals surface area contributed by atoms with Crippen molar-refractivity contribution in [3.05, 3.63) is 66.2 Å². The molecule has 4 aromatic rings. The summed E-state index contributed by atoms with van der Waals surface area (Å²) in [4.78, 5) is 4.44. The van der Waals surface area contributed by atoms with Gasteiger partial charge < -0.3 is 4.74 Å². The first-order valence-electron chi connectivity index (χ1n) is 8.00. The zero-order chi connectivity index (χ0) is 19.0. The van der Waals surface area contributed by atoms with Crippen LogP contribution in [0.25, 0.3) is 28.2 Å². The van der Waals surface area contributed by atoms with E-state index in [2.05, 4.69) is 15.2 Å². The first-order chi connectivity index (χ1) is 13.0. The summed E-state index contributed by atoms with van der Waals surface area (Å²) in [6.07, 6.45) is -4.44. The predicted molar refractivity (Wildman–Crippen MR) is 93.7 cm³/mol. The minimum Gasteiger partial charge on any atom is -0.480 e. The summed E-state index contributed by atoms with van der Waals surface area (Å²) >= 11 is 0. The molecule has 0 fully saturated rings. The normalized spacial score (nSPS) is 11.7. The lowest BCUT2D eigenvalue weighted by atomic mass is 10.2. The third-order valence-corrected chi connectivity index (χ3v) is 4.08. The Kier molecular flexibility index (Phi) is 4.02. The molecular formula is C19H13F3N4O. The largest absolute Gasteiger partial charge is 0.480 e. The van der Waals surface area contributed by atoms with Crippen LogP contribution < -0.4 is 4.74 Å². The highest BCUT2D eigenvalue weighted by molar-refractivity contribution is 5.83. The summed E-state index contributed by atoms with van der Waals surface area (Å²) in [6.45, 7) is 0. The van der Waals surface area contributed by atoms with Gasteiger partial charge in [-0.3, -0.25) is 4.57 Å². The number of alkyl halides is 3. The van der Waals surface area contributed by atoms with Crippen molar-refractivity contribution in [2.45, 2.75) is 6.18 Å². The van der Waals surface area contributed by atoms with Crippen LogP contribution in [0.5, 0.6) is 5.88 Å². The molecule has 136 valence electrons. The van der Waals surface area contributed by atoms with Crippen molar-refractivity contribution < 1.29 is 17.9 Å². The maximum absolute atomic E-state index is 13.1. The summed E-state index contributed by atoms with van der Waals surface area (Å²) in [6, 6.07) is 16.0. The van der Waals surface area contributed by atoms with E-state index >= 15 is 0 Å². The Morgan fingerprint density at radius 3 is 2.33 bits per heavy atom. The molecule has 0 atom stereocenters. The lowest BCUT2D eigenvalue weighted by molar-refractivity contribution is -0.137. The first-order valence-corrected chi connectivity index (χ1v) is 8.00. The number of rotatable bonds is 3. The summed E-state index contributed by atoms with van der Waals surface area (Å²) in [5.74, 6) is 1.24. The van der Waals surface area contributed by atoms with E-state index in [-0.39, 0.29) is 5.52 Å². The van der Waals surface area contributed by atoms with Crippen molar-refractivity contribution in [1.82, 2.24) is 19.7 Å². The Labute approximate surface area is 152 Å². The van der Waals surface area contributed by atoms with E-state index < -0.39 is 11.7 Å². The van der Waals surface area contributed by atoms with Crippen LogP contribution in [0.3, 0.4) is 0 Å². The molecule has 0 radical (unpaired) electrons. The molecule has 8 heteroatoms. The molecule has 0 bridgehead atoms. The van der Waals surface area contributed by atoms with Crippen LogP contribution >= 0.6 is 0 Å². The second kappa shape index (κ2) is 6.39. The van der Waals surface area contributed by atoms with E-state index in [9.17, 15) is 13.2 Å². The fourth-order valence-corrected chi connectivity index (χ4v) is 2.81. The van der Waals surface area contributed by atoms with Gasteiger partial charge in [-0.1, -0.05) is 30.3 Å². The maximum atomic E-state index is 13.1. The zero-order valence-corrected chi connectivity index (χ0v) is 14.1. The Bertz CT molecular complexity index is 1090. The SMILES string of the molecule is COc1ccc(-n2c(-c3ccccc3)nc3cc(C(F)(F)F)ccc32)nn1. The topological polar surface area (TPSA) is 52.8 Å². The van der Waals surface area contributed by atoms with Crippen LogP contribution in [0, 0.1) is 0 Å². The van der Waals surface area contributed by atoms with Crippen molar-refractivity contribution in [2.75, 3.05) is 7.11 Å². The molecule has 0 aliphatic heterocycles. The second-order valence-electron chi connectivity index (χ2n) is 5.77. The van der Waals surface area contributed by atoms with Crippen LogP contribution in [0.1, 0.15) is 5.56 Å². The monoisotopic (exact) mass is 370 g/mol. The Morgan fingerprint density at radius 2 is 1.70 bits per heavy atom. The number of methoxy groups -OCH3 is 1. The van der Waals surface area contributed by atoms with Gasteiger partial charge in [0, 0.05) is 11.6 Å². The number of nitrogens with zero attached hydrogens (tertiary/aromatic N) is 4. The molecule has 2 heterocycles. The van der Waals surface area contributed by atoms with E-state index in [4.69, 9.17) is 4.74 Å². The fraction of sp³-hybridized carbons (Fsp3) is 0.105. The Balaban J connectivity index is 1.98. The number of halogens is 3. The minimum absolute atomic E-state index is 0.223. The third-order valence-electron chi connectivity index (χ3n) is 4.08. The fourth-order valence-electron chi connectivity index (χ4n) is 2.81. The summed E-state index contributed by atoms with van der Waals surface area (Å²) in [5.41, 5.74) is 0.725. The van der Waals surface area contributed by atoms with Crippen LogP contribution in [0.15, 0.2) is 60.7 Å². The number of hydrogen-bond acceptors (Lipinski definition) is 4. The number of fused-ring (bicyclic) bond motifs is 1. The number of aromatic nitrogens is 4. The average Bonchev–Trinajstić information content (AvgIpc) is 3.07. The van der Waals surface area contributed by atoms with E-state index in [1.165, 1.54) is 13.2 Å². The number of ether oxygens (including phenoxy) is 1. The van der Waals surface area contributed by atoms with Crippen molar-refractivity contribution in [3.63, 3.8) is 0 Å². The van der Waals surface area contributed by atoms with Crippen LogP contribution in [0.2, 0.25) is 0 Å². The van der Waals surface area contributed by atoms with Gasteiger partial charge in [0.2, 0.25) is 5.88 Å². The lowest BCUT2D eigenvalue weighted by Crippen LogP contribution is -2.05. The van der Waals surface area contributed by atoms with Crippen LogP contribution in [-0.2, 0) is 6.18 Å². The van der Waals surface area contributed by atoms with Gasteiger partial charge in [0.05, 0.1) is 23.7 Å². The molecule has 0 aliphatic rings. The average molecular weight is 370 g/mol. The number of benzene rings is 2. The van der Waals surface area contributed by atoms with Gasteiger partial charge in [0.25, 0.3) is 0 Å². The van der Waals surface area contributed by atoms with Gasteiger partial charge in [-0.2, -0.15) is 13.2 Å². The Hall–Kier alpha value is -3.42. The van der Waals surface area contributed by atoms with Crippen molar-refractivity contribution in [1.29, 1.82) is 0 Å². The molecule has 2 aromatic carbocycles. The van der Waals surface area contributed by atoms with Crippen LogP contribution in [0.4, 0.5) is 13.2 Å². The molecule has 5 nitrogen and oxygen atoms in total. The molecule has 4 rings (SSSR count). The molecule has 0 N–H and O–H groups in total. The third kappa shape index (κ3) is 3.10. The first kappa shape index (κ1) is 17.0. The maximum Gasteiger partial charge on any atom is 0.416 e. The van der Waals surface area contributed by atoms with Crippen molar-refractivity contribution in [3.8, 4) is 23.1 Å². The second-order valence-corrected chi connectivity index (χ2v) is 5.77. The molecule has 0 unspecified atom stereocenters. The highest BCUT2D eigenvalue weighted by Crippen LogP contribution is 2.34. The standard InChI is InChI=1S/C19H13F3N4O/c1-27-17-10-9-16(24-25-17)26-15-8-7-13(19(20,21)22)11-14(15)23-18(26)12-5-3-2-4-6-12/h2-11H,1H3. The Morgan fingerprint density at radius 1 is 0.926 bits per heavy atom. The van der Waals surface area contributed by atoms with Gasteiger partial charge in [-0.25, -0.2) is 4.98 Å². The molecule has 0 spiro atoms. The van der Waals surface area contributed by atoms with Crippen molar-refractivity contribution >= 4 is 11.0 Å². The van der Waals surface area contributed by atoms with Gasteiger partial charge in [-0.15, -0.1) is 10.2 Å². The summed E-state index contributed by atoms with van der Waals surface area (Å²) in [7, 11) is 1.48. The van der Waals surface area contributed by atoms with Gasteiger partial charge in [-0.05, 0) is 24.3 Å². The van der Waals surface area contributed by atoms with E-state index in [1.807, 2.05) is 30.3 Å². The van der Waals surface area contributed by atoms with E-state index in [0.717, 1.165) is 17.7 Å². The van der Waals surface area contributed by atoms with E-state index in [1.54, 1.807) is 16.7 Å². The summed E-state index contributed by atoms with van der Waals surface area (Å²) < 4.78 is 45.9. The van der Waals surface area contributed by atoms with Crippen LogP contribution in [-0.4, -0.2) is 26.9 Å². The molecule has 0 saturated heterocycles.